The van der Waals surface area contributed by atoms with Gasteiger partial charge in [-0.2, -0.15) is 0 Å². The molecule has 3 aromatic rings. The largest absolute Gasteiger partial charge is 0.397 e. The summed E-state index contributed by atoms with van der Waals surface area (Å²) in [5.74, 6) is -0.840. The van der Waals surface area contributed by atoms with Crippen LogP contribution in [0.5, 0.6) is 0 Å². The molecule has 0 bridgehead atoms. The van der Waals surface area contributed by atoms with Crippen LogP contribution in [-0.2, 0) is 18.7 Å². The number of hydrogen-bond acceptors (Lipinski definition) is 4. The van der Waals surface area contributed by atoms with E-state index in [9.17, 15) is 4.79 Å². The molecule has 5 heteroatoms. The molecule has 0 spiro atoms. The smallest absolute Gasteiger partial charge is 0.288 e. The zero-order valence-electron chi connectivity index (χ0n) is 17.3. The molecular formula is C25H26O4Si. The maximum absolute atomic E-state index is 13.0. The second-order valence-corrected chi connectivity index (χ2v) is 11.2. The second kappa shape index (κ2) is 8.66. The van der Waals surface area contributed by atoms with E-state index < -0.39 is 20.2 Å². The Hall–Kier alpha value is -2.57. The van der Waals surface area contributed by atoms with E-state index in [0.29, 0.717) is 0 Å². The molecule has 1 atom stereocenters. The molecule has 0 amide bonds. The van der Waals surface area contributed by atoms with Crippen LogP contribution in [0.15, 0.2) is 91.0 Å². The lowest BCUT2D eigenvalue weighted by molar-refractivity contribution is -0.153. The number of rotatable bonds is 7. The molecule has 0 aliphatic carbocycles. The minimum absolute atomic E-state index is 0.0327. The second-order valence-electron chi connectivity index (χ2n) is 7.85. The van der Waals surface area contributed by atoms with Gasteiger partial charge in [0, 0.05) is 0 Å². The summed E-state index contributed by atoms with van der Waals surface area (Å²) in [6.45, 7) is 3.86. The Labute approximate surface area is 178 Å². The third-order valence-corrected chi connectivity index (χ3v) is 9.36. The van der Waals surface area contributed by atoms with Gasteiger partial charge in [-0.15, -0.1) is 0 Å². The predicted octanol–water partition coefficient (Wildman–Crippen LogP) is 2.39. The number of ketones is 1. The summed E-state index contributed by atoms with van der Waals surface area (Å²) >= 11 is 0. The van der Waals surface area contributed by atoms with Gasteiger partial charge in [-0.05, 0) is 29.4 Å². The van der Waals surface area contributed by atoms with Crippen molar-refractivity contribution in [2.45, 2.75) is 25.7 Å². The predicted molar refractivity (Wildman–Crippen MR) is 120 cm³/mol. The molecule has 1 fully saturated rings. The third-order valence-electron chi connectivity index (χ3n) is 5.34. The summed E-state index contributed by atoms with van der Waals surface area (Å²) in [6, 6.07) is 30.7. The fourth-order valence-electron chi connectivity index (χ4n) is 3.89. The van der Waals surface area contributed by atoms with Gasteiger partial charge >= 0.3 is 0 Å². The average Bonchev–Trinajstić information content (AvgIpc) is 3.16. The van der Waals surface area contributed by atoms with E-state index in [1.54, 1.807) is 0 Å². The van der Waals surface area contributed by atoms with E-state index >= 15 is 0 Å². The highest BCUT2D eigenvalue weighted by Crippen LogP contribution is 2.23. The molecule has 1 aliphatic rings. The molecule has 154 valence electrons. The van der Waals surface area contributed by atoms with Gasteiger partial charge in [-0.1, -0.05) is 91.0 Å². The lowest BCUT2D eigenvalue weighted by Gasteiger charge is -2.33. The summed E-state index contributed by atoms with van der Waals surface area (Å²) in [5, 5.41) is 3.29. The summed E-state index contributed by atoms with van der Waals surface area (Å²) in [4.78, 5) is 13.0. The molecule has 0 saturated carbocycles. The van der Waals surface area contributed by atoms with Crippen molar-refractivity contribution in [2.24, 2.45) is 0 Å². The number of carbonyl (C=O) groups excluding carboxylic acids is 1. The quantitative estimate of drug-likeness (QED) is 0.437. The van der Waals surface area contributed by atoms with Crippen molar-refractivity contribution in [1.29, 1.82) is 0 Å². The topological polar surface area (TPSA) is 44.8 Å². The molecule has 0 unspecified atom stereocenters. The summed E-state index contributed by atoms with van der Waals surface area (Å²) in [7, 11) is -2.89. The molecular weight excluding hydrogens is 392 g/mol. The van der Waals surface area contributed by atoms with Crippen LogP contribution in [0.2, 0.25) is 0 Å². The van der Waals surface area contributed by atoms with Gasteiger partial charge in [0.25, 0.3) is 8.32 Å². The van der Waals surface area contributed by atoms with Gasteiger partial charge < -0.3 is 13.9 Å². The molecule has 30 heavy (non-hydrogen) atoms. The lowest BCUT2D eigenvalue weighted by atomic mass is 10.2. The van der Waals surface area contributed by atoms with Crippen molar-refractivity contribution in [3.8, 4) is 0 Å². The minimum atomic E-state index is -2.89. The molecule has 0 aromatic heterocycles. The Morgan fingerprint density at radius 2 is 1.30 bits per heavy atom. The number of benzene rings is 3. The lowest BCUT2D eigenvalue weighted by Crippen LogP contribution is -2.69. The van der Waals surface area contributed by atoms with Crippen LogP contribution in [0.3, 0.4) is 0 Å². The van der Waals surface area contributed by atoms with E-state index in [0.717, 1.165) is 15.6 Å². The van der Waals surface area contributed by atoms with Crippen molar-refractivity contribution >= 4 is 29.7 Å². The number of Topliss-reactive ketones (excluding diaryl/α,β-unsaturated/α-hetero) is 1. The zero-order valence-corrected chi connectivity index (χ0v) is 18.3. The van der Waals surface area contributed by atoms with E-state index in [2.05, 4.69) is 36.4 Å². The van der Waals surface area contributed by atoms with Gasteiger partial charge in [-0.25, -0.2) is 0 Å². The Balaban J connectivity index is 1.74. The van der Waals surface area contributed by atoms with Gasteiger partial charge in [-0.3, -0.25) is 4.79 Å². The standard InChI is InChI=1S/C25H26O4Si/c1-25(2)27-19-24(29-25)23(26)18-28-30(20-12-6-3-7-13-20,21-14-8-4-9-15-21)22-16-10-5-11-17-22/h3-17,24H,18-19H2,1-2H3/t24-/m0/s1. The van der Waals surface area contributed by atoms with E-state index in [1.165, 1.54) is 0 Å². The van der Waals surface area contributed by atoms with Crippen LogP contribution in [0.4, 0.5) is 0 Å². The number of carbonyl (C=O) groups is 1. The first-order chi connectivity index (χ1) is 14.5. The van der Waals surface area contributed by atoms with Gasteiger partial charge in [0.2, 0.25) is 0 Å². The third kappa shape index (κ3) is 4.15. The number of ether oxygens (including phenoxy) is 2. The molecule has 4 nitrogen and oxygen atoms in total. The minimum Gasteiger partial charge on any atom is -0.397 e. The molecule has 3 aromatic carbocycles. The first kappa shape index (κ1) is 20.7. The molecule has 1 saturated heterocycles. The SMILES string of the molecule is CC1(C)OC[C@@H](C(=O)CO[Si](c2ccccc2)(c2ccccc2)c2ccccc2)O1. The molecule has 1 aliphatic heterocycles. The molecule has 4 rings (SSSR count). The van der Waals surface area contributed by atoms with Crippen LogP contribution in [0.1, 0.15) is 13.8 Å². The van der Waals surface area contributed by atoms with Gasteiger partial charge in [0.05, 0.1) is 13.2 Å². The van der Waals surface area contributed by atoms with Crippen LogP contribution in [0.25, 0.3) is 0 Å². The number of hydrogen-bond donors (Lipinski definition) is 0. The normalized spacial score (nSPS) is 18.3. The van der Waals surface area contributed by atoms with E-state index in [1.807, 2.05) is 68.4 Å². The fraction of sp³-hybridized carbons (Fsp3) is 0.240. The van der Waals surface area contributed by atoms with E-state index in [4.69, 9.17) is 13.9 Å². The molecule has 0 radical (unpaired) electrons. The van der Waals surface area contributed by atoms with Crippen LogP contribution in [-0.4, -0.2) is 39.2 Å². The summed E-state index contributed by atoms with van der Waals surface area (Å²) in [5.41, 5.74) is 0. The summed E-state index contributed by atoms with van der Waals surface area (Å²) in [6.07, 6.45) is -0.603. The molecule has 1 heterocycles. The Morgan fingerprint density at radius 1 is 0.867 bits per heavy atom. The monoisotopic (exact) mass is 418 g/mol. The summed E-state index contributed by atoms with van der Waals surface area (Å²) < 4.78 is 18.0. The first-order valence-electron chi connectivity index (χ1n) is 10.2. The highest BCUT2D eigenvalue weighted by molar-refractivity contribution is 7.07. The van der Waals surface area contributed by atoms with Crippen molar-refractivity contribution in [3.05, 3.63) is 91.0 Å². The highest BCUT2D eigenvalue weighted by Gasteiger charge is 2.44. The van der Waals surface area contributed by atoms with Crippen molar-refractivity contribution in [2.75, 3.05) is 13.2 Å². The first-order valence-corrected chi connectivity index (χ1v) is 12.1. The van der Waals surface area contributed by atoms with Crippen LogP contribution in [0, 0.1) is 0 Å². The fourth-order valence-corrected chi connectivity index (χ4v) is 7.73. The van der Waals surface area contributed by atoms with Crippen molar-refractivity contribution in [3.63, 3.8) is 0 Å². The Kier molecular flexibility index (Phi) is 5.97. The van der Waals surface area contributed by atoms with Crippen molar-refractivity contribution in [1.82, 2.24) is 0 Å². The average molecular weight is 419 g/mol. The van der Waals surface area contributed by atoms with Gasteiger partial charge in [0.1, 0.15) is 6.10 Å². The van der Waals surface area contributed by atoms with Crippen LogP contribution >= 0.6 is 0 Å². The maximum atomic E-state index is 13.0. The zero-order chi connectivity index (χ0) is 21.0. The van der Waals surface area contributed by atoms with E-state index in [-0.39, 0.29) is 19.0 Å². The van der Waals surface area contributed by atoms with Gasteiger partial charge in [0.15, 0.2) is 11.6 Å². The Morgan fingerprint density at radius 3 is 1.67 bits per heavy atom. The molecule has 0 N–H and O–H groups in total. The maximum Gasteiger partial charge on any atom is 0.288 e. The highest BCUT2D eigenvalue weighted by atomic mass is 28.4. The Bertz CT molecular complexity index is 877. The van der Waals surface area contributed by atoms with Crippen molar-refractivity contribution < 1.29 is 18.7 Å². The van der Waals surface area contributed by atoms with Crippen LogP contribution < -0.4 is 15.6 Å².